The summed E-state index contributed by atoms with van der Waals surface area (Å²) in [6.45, 7) is 7.71. The summed E-state index contributed by atoms with van der Waals surface area (Å²) in [6.07, 6.45) is 3.57. The number of hydrogen-bond donors (Lipinski definition) is 4. The minimum atomic E-state index is -1.10. The Morgan fingerprint density at radius 1 is 0.821 bits per heavy atom. The Morgan fingerprint density at radius 2 is 1.18 bits per heavy atom. The van der Waals surface area contributed by atoms with Gasteiger partial charge in [0.1, 0.15) is 12.1 Å². The van der Waals surface area contributed by atoms with Crippen LogP contribution in [-0.2, 0) is 22.4 Å². The molecule has 0 amide bonds. The van der Waals surface area contributed by atoms with E-state index in [1.807, 2.05) is 36.4 Å². The number of carbonyl (C=O) groups is 2. The van der Waals surface area contributed by atoms with Gasteiger partial charge in [0.15, 0.2) is 0 Å². The van der Waals surface area contributed by atoms with E-state index in [1.165, 1.54) is 0 Å². The minimum absolute atomic E-state index is 0.113. The zero-order valence-electron chi connectivity index (χ0n) is 15.5. The molecule has 6 heteroatoms. The maximum atomic E-state index is 11.3. The first kappa shape index (κ1) is 21.1. The van der Waals surface area contributed by atoms with Crippen molar-refractivity contribution < 1.29 is 19.8 Å². The van der Waals surface area contributed by atoms with Gasteiger partial charge in [-0.25, -0.2) is 0 Å². The molecule has 0 spiro atoms. The van der Waals surface area contributed by atoms with Crippen molar-refractivity contribution in [1.82, 2.24) is 0 Å². The molecule has 146 valence electrons. The summed E-state index contributed by atoms with van der Waals surface area (Å²) < 4.78 is 0. The normalized spacial score (nSPS) is 12.8. The van der Waals surface area contributed by atoms with Crippen molar-refractivity contribution in [1.29, 1.82) is 0 Å². The highest BCUT2D eigenvalue weighted by molar-refractivity contribution is 5.87. The molecule has 0 radical (unpaired) electrons. The molecule has 0 bridgehead atoms. The molecule has 6 nitrogen and oxygen atoms in total. The van der Waals surface area contributed by atoms with E-state index < -0.39 is 24.0 Å². The third-order valence-electron chi connectivity index (χ3n) is 4.57. The highest BCUT2D eigenvalue weighted by Crippen LogP contribution is 2.36. The van der Waals surface area contributed by atoms with Gasteiger partial charge in [0.2, 0.25) is 0 Å². The Hall–Kier alpha value is -3.22. The van der Waals surface area contributed by atoms with Crippen molar-refractivity contribution in [2.75, 3.05) is 0 Å². The van der Waals surface area contributed by atoms with E-state index in [0.717, 1.165) is 33.4 Å². The second-order valence-electron chi connectivity index (χ2n) is 6.47. The summed E-state index contributed by atoms with van der Waals surface area (Å²) in [5.74, 6) is -2.19. The summed E-state index contributed by atoms with van der Waals surface area (Å²) in [5.41, 5.74) is 16.1. The molecule has 0 saturated heterocycles. The lowest BCUT2D eigenvalue weighted by Crippen LogP contribution is -2.33. The molecular weight excluding hydrogens is 356 g/mol. The SMILES string of the molecule is C=Cc1cccc(CC(N)C(=O)O)c1-c1c(C=C)cccc1CC(N)C(=O)O. The second-order valence-corrected chi connectivity index (χ2v) is 6.47. The predicted octanol–water partition coefficient (Wildman–Crippen LogP) is 2.55. The highest BCUT2D eigenvalue weighted by atomic mass is 16.4. The average molecular weight is 380 g/mol. The number of carboxylic acids is 2. The lowest BCUT2D eigenvalue weighted by molar-refractivity contribution is -0.139. The first-order valence-electron chi connectivity index (χ1n) is 8.75. The van der Waals surface area contributed by atoms with E-state index >= 15 is 0 Å². The van der Waals surface area contributed by atoms with Crippen LogP contribution in [0.5, 0.6) is 0 Å². The van der Waals surface area contributed by atoms with Crippen LogP contribution in [-0.4, -0.2) is 34.2 Å². The fourth-order valence-corrected chi connectivity index (χ4v) is 3.18. The maximum Gasteiger partial charge on any atom is 0.320 e. The Bertz CT molecular complexity index is 845. The predicted molar refractivity (Wildman–Crippen MR) is 111 cm³/mol. The monoisotopic (exact) mass is 380 g/mol. The van der Waals surface area contributed by atoms with Gasteiger partial charge in [0, 0.05) is 0 Å². The van der Waals surface area contributed by atoms with Crippen molar-refractivity contribution in [2.24, 2.45) is 11.5 Å². The lowest BCUT2D eigenvalue weighted by Gasteiger charge is -2.21. The van der Waals surface area contributed by atoms with E-state index in [2.05, 4.69) is 13.2 Å². The lowest BCUT2D eigenvalue weighted by atomic mass is 9.84. The summed E-state index contributed by atoms with van der Waals surface area (Å²) in [7, 11) is 0. The molecule has 2 rings (SSSR count). The minimum Gasteiger partial charge on any atom is -0.480 e. The smallest absolute Gasteiger partial charge is 0.320 e. The molecule has 2 atom stereocenters. The molecule has 0 aliphatic carbocycles. The third-order valence-corrected chi connectivity index (χ3v) is 4.57. The molecular formula is C22H24N2O4. The first-order valence-corrected chi connectivity index (χ1v) is 8.75. The Kier molecular flexibility index (Phi) is 6.87. The maximum absolute atomic E-state index is 11.3. The summed E-state index contributed by atoms with van der Waals surface area (Å²) >= 11 is 0. The van der Waals surface area contributed by atoms with Crippen LogP contribution in [0.3, 0.4) is 0 Å². The molecule has 0 fully saturated rings. The topological polar surface area (TPSA) is 127 Å². The molecule has 2 unspecified atom stereocenters. The largest absolute Gasteiger partial charge is 0.480 e. The van der Waals surface area contributed by atoms with Crippen molar-refractivity contribution in [3.05, 3.63) is 71.8 Å². The molecule has 6 N–H and O–H groups in total. The van der Waals surface area contributed by atoms with E-state index in [9.17, 15) is 19.8 Å². The number of benzene rings is 2. The molecule has 0 aliphatic rings. The van der Waals surface area contributed by atoms with Crippen LogP contribution < -0.4 is 11.5 Å². The Morgan fingerprint density at radius 3 is 1.46 bits per heavy atom. The highest BCUT2D eigenvalue weighted by Gasteiger charge is 2.22. The van der Waals surface area contributed by atoms with E-state index in [-0.39, 0.29) is 12.8 Å². The first-order chi connectivity index (χ1) is 13.3. The number of nitrogens with two attached hydrogens (primary N) is 2. The molecule has 0 heterocycles. The fourth-order valence-electron chi connectivity index (χ4n) is 3.18. The van der Waals surface area contributed by atoms with Crippen LogP contribution in [0.25, 0.3) is 23.3 Å². The van der Waals surface area contributed by atoms with Crippen LogP contribution in [0, 0.1) is 0 Å². The Labute approximate surface area is 163 Å². The zero-order valence-corrected chi connectivity index (χ0v) is 15.5. The average Bonchev–Trinajstić information content (AvgIpc) is 2.67. The van der Waals surface area contributed by atoms with E-state index in [0.29, 0.717) is 0 Å². The van der Waals surface area contributed by atoms with Gasteiger partial charge in [-0.2, -0.15) is 0 Å². The number of aliphatic carboxylic acids is 2. The quantitative estimate of drug-likeness (QED) is 0.529. The van der Waals surface area contributed by atoms with Crippen LogP contribution in [0.4, 0.5) is 0 Å². The van der Waals surface area contributed by atoms with Gasteiger partial charge in [-0.15, -0.1) is 0 Å². The molecule has 0 aromatic heterocycles. The Balaban J connectivity index is 2.75. The zero-order chi connectivity index (χ0) is 20.8. The van der Waals surface area contributed by atoms with Gasteiger partial charge < -0.3 is 21.7 Å². The molecule has 2 aromatic carbocycles. The van der Waals surface area contributed by atoms with Crippen LogP contribution in [0.1, 0.15) is 22.3 Å². The molecule has 2 aromatic rings. The number of hydrogen-bond acceptors (Lipinski definition) is 4. The van der Waals surface area contributed by atoms with Gasteiger partial charge in [-0.3, -0.25) is 9.59 Å². The fraction of sp³-hybridized carbons (Fsp3) is 0.182. The van der Waals surface area contributed by atoms with Gasteiger partial charge in [-0.05, 0) is 46.2 Å². The number of rotatable bonds is 9. The third kappa shape index (κ3) is 4.54. The van der Waals surface area contributed by atoms with Crippen molar-refractivity contribution in [3.63, 3.8) is 0 Å². The van der Waals surface area contributed by atoms with Crippen LogP contribution in [0.15, 0.2) is 49.6 Å². The molecule has 0 aliphatic heterocycles. The van der Waals surface area contributed by atoms with Crippen molar-refractivity contribution >= 4 is 24.1 Å². The van der Waals surface area contributed by atoms with Crippen molar-refractivity contribution in [2.45, 2.75) is 24.9 Å². The number of carboxylic acid groups (broad SMARTS) is 2. The van der Waals surface area contributed by atoms with Crippen molar-refractivity contribution in [3.8, 4) is 11.1 Å². The van der Waals surface area contributed by atoms with Crippen LogP contribution in [0.2, 0.25) is 0 Å². The van der Waals surface area contributed by atoms with E-state index in [1.54, 1.807) is 12.2 Å². The van der Waals surface area contributed by atoms with Crippen LogP contribution >= 0.6 is 0 Å². The summed E-state index contributed by atoms with van der Waals surface area (Å²) in [4.78, 5) is 22.5. The van der Waals surface area contributed by atoms with Gasteiger partial charge in [0.05, 0.1) is 0 Å². The van der Waals surface area contributed by atoms with Gasteiger partial charge >= 0.3 is 11.9 Å². The summed E-state index contributed by atoms with van der Waals surface area (Å²) in [6, 6.07) is 8.82. The standard InChI is InChI=1S/C22H24N2O4/c1-3-13-7-5-9-15(11-17(23)21(25)26)19(13)20-14(4-2)8-6-10-16(20)12-18(24)22(27)28/h3-10,17-18H,1-2,11-12,23-24H2,(H,25,26)(H,27,28). The second kappa shape index (κ2) is 9.12. The van der Waals surface area contributed by atoms with E-state index in [4.69, 9.17) is 11.5 Å². The summed E-state index contributed by atoms with van der Waals surface area (Å²) in [5, 5.41) is 18.4. The van der Waals surface area contributed by atoms with Gasteiger partial charge in [-0.1, -0.05) is 61.7 Å². The van der Waals surface area contributed by atoms with Gasteiger partial charge in [0.25, 0.3) is 0 Å². The molecule has 28 heavy (non-hydrogen) atoms. The molecule has 0 saturated carbocycles.